The van der Waals surface area contributed by atoms with E-state index in [-0.39, 0.29) is 6.61 Å². The molecule has 74 valence electrons. The van der Waals surface area contributed by atoms with Crippen molar-refractivity contribution in [3.63, 3.8) is 0 Å². The van der Waals surface area contributed by atoms with E-state index in [2.05, 4.69) is 6.92 Å². The maximum atomic E-state index is 8.68. The van der Waals surface area contributed by atoms with Crippen molar-refractivity contribution in [1.82, 2.24) is 0 Å². The molecule has 13 heavy (non-hydrogen) atoms. The lowest BCUT2D eigenvalue weighted by Crippen LogP contribution is -1.87. The molecule has 2 heteroatoms. The molecule has 1 N–H and O–H groups in total. The maximum absolute atomic E-state index is 8.68. The summed E-state index contributed by atoms with van der Waals surface area (Å²) in [7, 11) is 0. The van der Waals surface area contributed by atoms with Gasteiger partial charge >= 0.3 is 0 Å². The van der Waals surface area contributed by atoms with Crippen LogP contribution in [0.4, 0.5) is 0 Å². The van der Waals surface area contributed by atoms with E-state index in [0.717, 1.165) is 17.9 Å². The molecule has 0 fully saturated rings. The van der Waals surface area contributed by atoms with Crippen molar-refractivity contribution in [3.8, 4) is 0 Å². The molecule has 0 radical (unpaired) electrons. The summed E-state index contributed by atoms with van der Waals surface area (Å²) in [5.41, 5.74) is 0. The van der Waals surface area contributed by atoms with Gasteiger partial charge in [0.1, 0.15) is 11.5 Å². The molecule has 0 atom stereocenters. The zero-order valence-electron chi connectivity index (χ0n) is 8.25. The Morgan fingerprint density at radius 3 is 2.46 bits per heavy atom. The molecule has 0 saturated carbocycles. The second-order valence-corrected chi connectivity index (χ2v) is 3.30. The van der Waals surface area contributed by atoms with Gasteiger partial charge in [0.15, 0.2) is 0 Å². The third kappa shape index (κ3) is 3.64. The summed E-state index contributed by atoms with van der Waals surface area (Å²) in [6.07, 6.45) is 5.36. The highest BCUT2D eigenvalue weighted by Gasteiger charge is 2.00. The monoisotopic (exact) mass is 182 g/mol. The Morgan fingerprint density at radius 1 is 1.15 bits per heavy atom. The second-order valence-electron chi connectivity index (χ2n) is 3.30. The van der Waals surface area contributed by atoms with Crippen molar-refractivity contribution in [3.05, 3.63) is 23.7 Å². The van der Waals surface area contributed by atoms with Gasteiger partial charge in [-0.1, -0.05) is 19.8 Å². The molecule has 1 aromatic rings. The van der Waals surface area contributed by atoms with Crippen LogP contribution in [0.15, 0.2) is 16.5 Å². The summed E-state index contributed by atoms with van der Waals surface area (Å²) < 4.78 is 5.51. The molecule has 0 aliphatic rings. The van der Waals surface area contributed by atoms with Crippen LogP contribution in [0, 0.1) is 0 Å². The zero-order valence-corrected chi connectivity index (χ0v) is 8.25. The van der Waals surface area contributed by atoms with Crippen LogP contribution in [0.2, 0.25) is 0 Å². The number of hydrogen-bond donors (Lipinski definition) is 1. The molecule has 1 heterocycles. The van der Waals surface area contributed by atoms with Crippen LogP contribution in [0.3, 0.4) is 0 Å². The van der Waals surface area contributed by atoms with E-state index in [1.807, 2.05) is 12.1 Å². The number of rotatable bonds is 6. The van der Waals surface area contributed by atoms with Crippen LogP contribution in [-0.2, 0) is 12.8 Å². The van der Waals surface area contributed by atoms with Gasteiger partial charge in [-0.25, -0.2) is 0 Å². The molecule has 0 aliphatic carbocycles. The minimum atomic E-state index is 0.169. The van der Waals surface area contributed by atoms with Crippen molar-refractivity contribution in [2.45, 2.75) is 39.0 Å². The Kier molecular flexibility index (Phi) is 4.61. The number of aryl methyl sites for hydroxylation is 1. The zero-order chi connectivity index (χ0) is 9.52. The lowest BCUT2D eigenvalue weighted by atomic mass is 10.2. The molecule has 1 rings (SSSR count). The first-order valence-electron chi connectivity index (χ1n) is 5.05. The lowest BCUT2D eigenvalue weighted by Gasteiger charge is -1.95. The summed E-state index contributed by atoms with van der Waals surface area (Å²) in [6.45, 7) is 2.36. The van der Waals surface area contributed by atoms with Crippen LogP contribution in [-0.4, -0.2) is 11.7 Å². The second kappa shape index (κ2) is 5.81. The quantitative estimate of drug-likeness (QED) is 0.686. The van der Waals surface area contributed by atoms with E-state index in [0.29, 0.717) is 6.42 Å². The highest BCUT2D eigenvalue weighted by molar-refractivity contribution is 5.07. The van der Waals surface area contributed by atoms with Crippen molar-refractivity contribution >= 4 is 0 Å². The van der Waals surface area contributed by atoms with Crippen LogP contribution >= 0.6 is 0 Å². The average Bonchev–Trinajstić information content (AvgIpc) is 2.54. The van der Waals surface area contributed by atoms with Crippen molar-refractivity contribution in [1.29, 1.82) is 0 Å². The highest BCUT2D eigenvalue weighted by atomic mass is 16.3. The van der Waals surface area contributed by atoms with Crippen LogP contribution in [0.5, 0.6) is 0 Å². The summed E-state index contributed by atoms with van der Waals surface area (Å²) >= 11 is 0. The van der Waals surface area contributed by atoms with Gasteiger partial charge < -0.3 is 9.52 Å². The largest absolute Gasteiger partial charge is 0.466 e. The molecular weight excluding hydrogens is 164 g/mol. The van der Waals surface area contributed by atoms with Crippen molar-refractivity contribution in [2.24, 2.45) is 0 Å². The Hall–Kier alpha value is -0.760. The fourth-order valence-electron chi connectivity index (χ4n) is 1.35. The first kappa shape index (κ1) is 10.3. The Labute approximate surface area is 79.6 Å². The van der Waals surface area contributed by atoms with Gasteiger partial charge in [-0.3, -0.25) is 0 Å². The summed E-state index contributed by atoms with van der Waals surface area (Å²) in [6, 6.07) is 3.97. The SMILES string of the molecule is CCCCCc1ccc(CCO)o1. The molecule has 0 aliphatic heterocycles. The predicted octanol–water partition coefficient (Wildman–Crippen LogP) is 2.55. The number of aliphatic hydroxyl groups is 1. The molecular formula is C11H18O2. The molecule has 0 saturated heterocycles. The average molecular weight is 182 g/mol. The molecule has 0 spiro atoms. The standard InChI is InChI=1S/C11H18O2/c1-2-3-4-5-10-6-7-11(13-10)8-9-12/h6-7,12H,2-5,8-9H2,1H3. The fraction of sp³-hybridized carbons (Fsp3) is 0.636. The van der Waals surface area contributed by atoms with Gasteiger partial charge in [0, 0.05) is 12.8 Å². The minimum Gasteiger partial charge on any atom is -0.466 e. The molecule has 2 nitrogen and oxygen atoms in total. The minimum absolute atomic E-state index is 0.169. The van der Waals surface area contributed by atoms with Gasteiger partial charge in [0.2, 0.25) is 0 Å². The first-order chi connectivity index (χ1) is 6.36. The van der Waals surface area contributed by atoms with E-state index >= 15 is 0 Å². The third-order valence-corrected chi connectivity index (χ3v) is 2.10. The molecule has 0 bridgehead atoms. The Bertz CT molecular complexity index is 228. The molecule has 0 unspecified atom stereocenters. The molecule has 0 amide bonds. The number of aliphatic hydroxyl groups excluding tert-OH is 1. The Morgan fingerprint density at radius 2 is 1.85 bits per heavy atom. The van der Waals surface area contributed by atoms with E-state index < -0.39 is 0 Å². The van der Waals surface area contributed by atoms with E-state index in [4.69, 9.17) is 9.52 Å². The van der Waals surface area contributed by atoms with Crippen molar-refractivity contribution < 1.29 is 9.52 Å². The first-order valence-corrected chi connectivity index (χ1v) is 5.05. The maximum Gasteiger partial charge on any atom is 0.106 e. The number of hydrogen-bond acceptors (Lipinski definition) is 2. The smallest absolute Gasteiger partial charge is 0.106 e. The predicted molar refractivity (Wildman–Crippen MR) is 52.7 cm³/mol. The number of furan rings is 1. The van der Waals surface area contributed by atoms with E-state index in [9.17, 15) is 0 Å². The molecule has 1 aromatic heterocycles. The van der Waals surface area contributed by atoms with Gasteiger partial charge in [-0.15, -0.1) is 0 Å². The summed E-state index contributed by atoms with van der Waals surface area (Å²) in [4.78, 5) is 0. The number of unbranched alkanes of at least 4 members (excludes halogenated alkanes) is 2. The highest BCUT2D eigenvalue weighted by Crippen LogP contribution is 2.11. The van der Waals surface area contributed by atoms with Crippen LogP contribution < -0.4 is 0 Å². The summed E-state index contributed by atoms with van der Waals surface area (Å²) in [5.74, 6) is 1.95. The van der Waals surface area contributed by atoms with E-state index in [1.165, 1.54) is 19.3 Å². The van der Waals surface area contributed by atoms with E-state index in [1.54, 1.807) is 0 Å². The topological polar surface area (TPSA) is 33.4 Å². The Balaban J connectivity index is 2.31. The van der Waals surface area contributed by atoms with Gasteiger partial charge in [-0.05, 0) is 18.6 Å². The van der Waals surface area contributed by atoms with Crippen molar-refractivity contribution in [2.75, 3.05) is 6.61 Å². The van der Waals surface area contributed by atoms with Crippen LogP contribution in [0.1, 0.15) is 37.7 Å². The summed E-state index contributed by atoms with van der Waals surface area (Å²) in [5, 5.41) is 8.68. The van der Waals surface area contributed by atoms with Crippen LogP contribution in [0.25, 0.3) is 0 Å². The third-order valence-electron chi connectivity index (χ3n) is 2.10. The normalized spacial score (nSPS) is 10.6. The lowest BCUT2D eigenvalue weighted by molar-refractivity contribution is 0.286. The van der Waals surface area contributed by atoms with Gasteiger partial charge in [-0.2, -0.15) is 0 Å². The molecule has 0 aromatic carbocycles. The fourth-order valence-corrected chi connectivity index (χ4v) is 1.35. The van der Waals surface area contributed by atoms with Gasteiger partial charge in [0.25, 0.3) is 0 Å². The van der Waals surface area contributed by atoms with Gasteiger partial charge in [0.05, 0.1) is 6.61 Å².